The molecule has 1 saturated heterocycles. The highest BCUT2D eigenvalue weighted by molar-refractivity contribution is 7.14. The lowest BCUT2D eigenvalue weighted by molar-refractivity contribution is -0.122. The van der Waals surface area contributed by atoms with Gasteiger partial charge in [-0.3, -0.25) is 4.79 Å². The molecule has 5 heteroatoms. The SMILES string of the molecule is O=C1CCC(NCc2cc(-c3cccs3)cs2)CN1. The minimum atomic E-state index is 0.175. The Labute approximate surface area is 120 Å². The van der Waals surface area contributed by atoms with Crippen molar-refractivity contribution in [3.63, 3.8) is 0 Å². The lowest BCUT2D eigenvalue weighted by Gasteiger charge is -2.23. The van der Waals surface area contributed by atoms with E-state index in [1.54, 1.807) is 22.7 Å². The average Bonchev–Trinajstić information content (AvgIpc) is 3.09. The van der Waals surface area contributed by atoms with E-state index in [2.05, 4.69) is 39.6 Å². The third-order valence-electron chi connectivity index (χ3n) is 3.29. The van der Waals surface area contributed by atoms with Crippen molar-refractivity contribution in [2.75, 3.05) is 6.54 Å². The molecule has 0 radical (unpaired) electrons. The zero-order valence-electron chi connectivity index (χ0n) is 10.5. The highest BCUT2D eigenvalue weighted by Gasteiger charge is 2.17. The normalized spacial score (nSPS) is 19.4. The molecule has 0 bridgehead atoms. The van der Waals surface area contributed by atoms with E-state index in [0.29, 0.717) is 12.5 Å². The summed E-state index contributed by atoms with van der Waals surface area (Å²) >= 11 is 3.57. The molecule has 3 nitrogen and oxygen atoms in total. The first-order valence-electron chi connectivity index (χ1n) is 6.42. The Hall–Kier alpha value is -1.17. The molecule has 1 unspecified atom stereocenters. The van der Waals surface area contributed by atoms with Crippen molar-refractivity contribution in [2.45, 2.75) is 25.4 Å². The summed E-state index contributed by atoms with van der Waals surface area (Å²) in [6.07, 6.45) is 1.58. The topological polar surface area (TPSA) is 41.1 Å². The van der Waals surface area contributed by atoms with Crippen molar-refractivity contribution in [1.29, 1.82) is 0 Å². The Balaban J connectivity index is 1.55. The fraction of sp³-hybridized carbons (Fsp3) is 0.357. The number of rotatable bonds is 4. The Morgan fingerprint density at radius 2 is 2.37 bits per heavy atom. The molecular formula is C14H16N2OS2. The van der Waals surface area contributed by atoms with Gasteiger partial charge in [0.05, 0.1) is 0 Å². The second kappa shape index (κ2) is 5.86. The summed E-state index contributed by atoms with van der Waals surface area (Å²) in [6.45, 7) is 1.64. The van der Waals surface area contributed by atoms with Crippen LogP contribution in [0, 0.1) is 0 Å². The standard InChI is InChI=1S/C14H16N2OS2/c17-14-4-3-11(7-16-14)15-8-12-6-10(9-19-12)13-2-1-5-18-13/h1-2,5-6,9,11,15H,3-4,7-8H2,(H,16,17). The average molecular weight is 292 g/mol. The lowest BCUT2D eigenvalue weighted by Crippen LogP contribution is -2.45. The quantitative estimate of drug-likeness (QED) is 0.910. The molecular weight excluding hydrogens is 276 g/mol. The molecule has 0 spiro atoms. The molecule has 1 aliphatic heterocycles. The number of nitrogens with one attached hydrogen (secondary N) is 2. The minimum absolute atomic E-state index is 0.175. The minimum Gasteiger partial charge on any atom is -0.355 e. The van der Waals surface area contributed by atoms with Gasteiger partial charge >= 0.3 is 0 Å². The maximum absolute atomic E-state index is 11.1. The summed E-state index contributed by atoms with van der Waals surface area (Å²) in [4.78, 5) is 13.8. The van der Waals surface area contributed by atoms with Crippen LogP contribution in [0.1, 0.15) is 17.7 Å². The van der Waals surface area contributed by atoms with Crippen LogP contribution in [0.5, 0.6) is 0 Å². The number of hydrogen-bond donors (Lipinski definition) is 2. The van der Waals surface area contributed by atoms with Crippen LogP contribution in [0.3, 0.4) is 0 Å². The van der Waals surface area contributed by atoms with Crippen LogP contribution in [0.2, 0.25) is 0 Å². The Kier molecular flexibility index (Phi) is 3.96. The monoisotopic (exact) mass is 292 g/mol. The van der Waals surface area contributed by atoms with Gasteiger partial charge in [0.15, 0.2) is 0 Å². The fourth-order valence-electron chi connectivity index (χ4n) is 2.20. The van der Waals surface area contributed by atoms with Crippen LogP contribution >= 0.6 is 22.7 Å². The van der Waals surface area contributed by atoms with E-state index in [0.717, 1.165) is 19.5 Å². The van der Waals surface area contributed by atoms with Gasteiger partial charge in [0, 0.05) is 40.9 Å². The largest absolute Gasteiger partial charge is 0.355 e. The lowest BCUT2D eigenvalue weighted by atomic mass is 10.1. The smallest absolute Gasteiger partial charge is 0.220 e. The third-order valence-corrected chi connectivity index (χ3v) is 5.15. The van der Waals surface area contributed by atoms with Gasteiger partial charge in [0.25, 0.3) is 0 Å². The number of carbonyl (C=O) groups is 1. The Morgan fingerprint density at radius 3 is 3.11 bits per heavy atom. The number of thiophene rings is 2. The van der Waals surface area contributed by atoms with Gasteiger partial charge in [-0.25, -0.2) is 0 Å². The van der Waals surface area contributed by atoms with Crippen molar-refractivity contribution >= 4 is 28.6 Å². The van der Waals surface area contributed by atoms with Crippen molar-refractivity contribution in [1.82, 2.24) is 10.6 Å². The summed E-state index contributed by atoms with van der Waals surface area (Å²) in [5, 5.41) is 10.7. The highest BCUT2D eigenvalue weighted by atomic mass is 32.1. The number of amides is 1. The van der Waals surface area contributed by atoms with Gasteiger partial charge in [-0.1, -0.05) is 6.07 Å². The van der Waals surface area contributed by atoms with Gasteiger partial charge < -0.3 is 10.6 Å². The van der Waals surface area contributed by atoms with Crippen LogP contribution < -0.4 is 10.6 Å². The summed E-state index contributed by atoms with van der Waals surface area (Å²) < 4.78 is 0. The molecule has 0 aromatic carbocycles. The molecule has 1 atom stereocenters. The van der Waals surface area contributed by atoms with E-state index in [9.17, 15) is 4.79 Å². The van der Waals surface area contributed by atoms with Crippen molar-refractivity contribution in [3.8, 4) is 10.4 Å². The van der Waals surface area contributed by atoms with Gasteiger partial charge in [-0.05, 0) is 29.3 Å². The fourth-order valence-corrected chi connectivity index (χ4v) is 3.82. The van der Waals surface area contributed by atoms with Gasteiger partial charge in [-0.15, -0.1) is 22.7 Å². The Bertz CT molecular complexity index is 538. The van der Waals surface area contributed by atoms with Gasteiger partial charge in [0.2, 0.25) is 5.91 Å². The molecule has 2 aromatic rings. The molecule has 2 N–H and O–H groups in total. The predicted octanol–water partition coefficient (Wildman–Crippen LogP) is 2.84. The molecule has 1 aliphatic rings. The van der Waals surface area contributed by atoms with Gasteiger partial charge in [-0.2, -0.15) is 0 Å². The molecule has 0 aliphatic carbocycles. The van der Waals surface area contributed by atoms with E-state index in [1.807, 2.05) is 0 Å². The van der Waals surface area contributed by atoms with Crippen LogP contribution in [0.15, 0.2) is 29.0 Å². The van der Waals surface area contributed by atoms with Crippen LogP contribution in [0.4, 0.5) is 0 Å². The first-order chi connectivity index (χ1) is 9.31. The second-order valence-electron chi connectivity index (χ2n) is 4.70. The Morgan fingerprint density at radius 1 is 1.42 bits per heavy atom. The molecule has 19 heavy (non-hydrogen) atoms. The number of piperidine rings is 1. The number of carbonyl (C=O) groups excluding carboxylic acids is 1. The van der Waals surface area contributed by atoms with Crippen LogP contribution in [0.25, 0.3) is 10.4 Å². The zero-order chi connectivity index (χ0) is 13.1. The second-order valence-corrected chi connectivity index (χ2v) is 6.64. The van der Waals surface area contributed by atoms with E-state index >= 15 is 0 Å². The van der Waals surface area contributed by atoms with E-state index in [1.165, 1.54) is 15.3 Å². The predicted molar refractivity (Wildman–Crippen MR) is 80.5 cm³/mol. The van der Waals surface area contributed by atoms with Crippen LogP contribution in [-0.4, -0.2) is 18.5 Å². The van der Waals surface area contributed by atoms with Crippen molar-refractivity contribution < 1.29 is 4.79 Å². The third kappa shape index (κ3) is 3.23. The zero-order valence-corrected chi connectivity index (χ0v) is 12.2. The van der Waals surface area contributed by atoms with Gasteiger partial charge in [0.1, 0.15) is 0 Å². The van der Waals surface area contributed by atoms with Crippen LogP contribution in [-0.2, 0) is 11.3 Å². The summed E-state index contributed by atoms with van der Waals surface area (Å²) in [5.74, 6) is 0.175. The van der Waals surface area contributed by atoms with E-state index < -0.39 is 0 Å². The van der Waals surface area contributed by atoms with Crippen molar-refractivity contribution in [3.05, 3.63) is 33.8 Å². The highest BCUT2D eigenvalue weighted by Crippen LogP contribution is 2.29. The first kappa shape index (κ1) is 12.8. The summed E-state index contributed by atoms with van der Waals surface area (Å²) in [5.41, 5.74) is 1.31. The molecule has 3 heterocycles. The maximum Gasteiger partial charge on any atom is 0.220 e. The molecule has 0 saturated carbocycles. The molecule has 3 rings (SSSR count). The summed E-state index contributed by atoms with van der Waals surface area (Å²) in [7, 11) is 0. The van der Waals surface area contributed by atoms with E-state index in [-0.39, 0.29) is 5.91 Å². The van der Waals surface area contributed by atoms with Crippen molar-refractivity contribution in [2.24, 2.45) is 0 Å². The maximum atomic E-state index is 11.1. The molecule has 1 amide bonds. The molecule has 1 fully saturated rings. The number of hydrogen-bond acceptors (Lipinski definition) is 4. The first-order valence-corrected chi connectivity index (χ1v) is 8.18. The molecule has 2 aromatic heterocycles. The summed E-state index contributed by atoms with van der Waals surface area (Å²) in [6, 6.07) is 6.90. The molecule has 100 valence electrons. The van der Waals surface area contributed by atoms with E-state index in [4.69, 9.17) is 0 Å².